The molecule has 0 saturated heterocycles. The highest BCUT2D eigenvalue weighted by Crippen LogP contribution is 2.26. The first-order valence-electron chi connectivity index (χ1n) is 8.60. The molecule has 3 aromatic rings. The fourth-order valence-corrected chi connectivity index (χ4v) is 2.51. The number of methoxy groups -OCH3 is 1. The summed E-state index contributed by atoms with van der Waals surface area (Å²) < 4.78 is 12.6. The summed E-state index contributed by atoms with van der Waals surface area (Å²) in [6, 6.07) is 12.0. The number of carbonyl (C=O) groups is 1. The predicted octanol–water partition coefficient (Wildman–Crippen LogP) is 3.37. The number of nitrogens with one attached hydrogen (secondary N) is 1. The van der Waals surface area contributed by atoms with Crippen LogP contribution < -0.4 is 14.8 Å². The smallest absolute Gasteiger partial charge is 0.248 e. The predicted molar refractivity (Wildman–Crippen MR) is 106 cm³/mol. The van der Waals surface area contributed by atoms with Crippen molar-refractivity contribution < 1.29 is 19.4 Å². The molecule has 0 aliphatic rings. The fourth-order valence-electron chi connectivity index (χ4n) is 2.51. The first-order valence-corrected chi connectivity index (χ1v) is 8.60. The van der Waals surface area contributed by atoms with E-state index >= 15 is 0 Å². The average molecular weight is 379 g/mol. The Hall–Kier alpha value is -3.74. The Balaban J connectivity index is 1.59. The molecule has 2 aromatic carbocycles. The number of imidazole rings is 1. The number of anilines is 1. The number of rotatable bonds is 7. The fraction of sp³-hybridized carbons (Fsp3) is 0.143. The minimum Gasteiger partial charge on any atom is -0.504 e. The first-order chi connectivity index (χ1) is 13.5. The van der Waals surface area contributed by atoms with E-state index in [1.807, 2.05) is 23.9 Å². The number of ether oxygens (including phenoxy) is 2. The second-order valence-electron chi connectivity index (χ2n) is 6.02. The molecule has 0 atom stereocenters. The van der Waals surface area contributed by atoms with Crippen molar-refractivity contribution in [3.05, 3.63) is 72.3 Å². The number of aromatic hydroxyl groups is 1. The van der Waals surface area contributed by atoms with Gasteiger partial charge in [-0.25, -0.2) is 4.98 Å². The average Bonchev–Trinajstić information content (AvgIpc) is 3.10. The third kappa shape index (κ3) is 4.91. The van der Waals surface area contributed by atoms with Crippen molar-refractivity contribution in [1.29, 1.82) is 0 Å². The molecule has 7 nitrogen and oxygen atoms in total. The van der Waals surface area contributed by atoms with Crippen LogP contribution >= 0.6 is 0 Å². The van der Waals surface area contributed by atoms with Crippen molar-refractivity contribution in [3.8, 4) is 17.2 Å². The van der Waals surface area contributed by atoms with Gasteiger partial charge in [-0.2, -0.15) is 0 Å². The van der Waals surface area contributed by atoms with E-state index in [9.17, 15) is 9.90 Å². The van der Waals surface area contributed by atoms with Crippen LogP contribution in [0.2, 0.25) is 0 Å². The first kappa shape index (κ1) is 19.0. The Morgan fingerprint density at radius 3 is 2.86 bits per heavy atom. The van der Waals surface area contributed by atoms with Crippen LogP contribution in [0.5, 0.6) is 17.2 Å². The standard InChI is InChI=1S/C21H21N3O4/c1-24-11-10-22-20(24)14-28-17-5-3-4-16(13-17)23-21(26)9-7-15-6-8-19(27-2)18(25)12-15/h3-13,25H,14H2,1-2H3,(H,23,26). The number of carbonyl (C=O) groups excluding carboxylic acids is 1. The second-order valence-corrected chi connectivity index (χ2v) is 6.02. The van der Waals surface area contributed by atoms with Crippen molar-refractivity contribution in [2.24, 2.45) is 7.05 Å². The van der Waals surface area contributed by atoms with Crippen molar-refractivity contribution in [2.45, 2.75) is 6.61 Å². The number of hydrogen-bond donors (Lipinski definition) is 2. The number of aryl methyl sites for hydroxylation is 1. The zero-order chi connectivity index (χ0) is 19.9. The van der Waals surface area contributed by atoms with E-state index in [4.69, 9.17) is 9.47 Å². The molecule has 0 spiro atoms. The molecule has 3 rings (SSSR count). The van der Waals surface area contributed by atoms with Crippen molar-refractivity contribution in [1.82, 2.24) is 9.55 Å². The molecule has 0 aliphatic heterocycles. The van der Waals surface area contributed by atoms with E-state index in [-0.39, 0.29) is 11.7 Å². The lowest BCUT2D eigenvalue weighted by molar-refractivity contribution is -0.111. The van der Waals surface area contributed by atoms with E-state index in [1.165, 1.54) is 19.3 Å². The molecule has 1 heterocycles. The van der Waals surface area contributed by atoms with Crippen LogP contribution in [0.4, 0.5) is 5.69 Å². The van der Waals surface area contributed by atoms with Crippen LogP contribution in [-0.4, -0.2) is 27.7 Å². The number of amides is 1. The monoisotopic (exact) mass is 379 g/mol. The molecular formula is C21H21N3O4. The third-order valence-electron chi connectivity index (χ3n) is 4.02. The minimum absolute atomic E-state index is 0.0163. The quantitative estimate of drug-likeness (QED) is 0.615. The van der Waals surface area contributed by atoms with Gasteiger partial charge in [0, 0.05) is 37.3 Å². The molecule has 1 aromatic heterocycles. The van der Waals surface area contributed by atoms with Crippen molar-refractivity contribution >= 4 is 17.7 Å². The molecule has 1 amide bonds. The van der Waals surface area contributed by atoms with Crippen molar-refractivity contribution in [3.63, 3.8) is 0 Å². The number of phenolic OH excluding ortho intramolecular Hbond substituents is 1. The van der Waals surface area contributed by atoms with Gasteiger partial charge in [-0.15, -0.1) is 0 Å². The Labute approximate surface area is 162 Å². The number of phenols is 1. The van der Waals surface area contributed by atoms with Gasteiger partial charge >= 0.3 is 0 Å². The van der Waals surface area contributed by atoms with Crippen LogP contribution in [0.15, 0.2) is 60.9 Å². The van der Waals surface area contributed by atoms with Crippen molar-refractivity contribution in [2.75, 3.05) is 12.4 Å². The Kier molecular flexibility index (Phi) is 5.96. The van der Waals surface area contributed by atoms with E-state index < -0.39 is 0 Å². The maximum absolute atomic E-state index is 12.2. The molecule has 144 valence electrons. The van der Waals surface area contributed by atoms with Crippen LogP contribution in [0, 0.1) is 0 Å². The summed E-state index contributed by atoms with van der Waals surface area (Å²) in [6.07, 6.45) is 6.56. The van der Waals surface area contributed by atoms with E-state index in [2.05, 4.69) is 10.3 Å². The largest absolute Gasteiger partial charge is 0.504 e. The lowest BCUT2D eigenvalue weighted by atomic mass is 10.2. The van der Waals surface area contributed by atoms with Crippen LogP contribution in [0.3, 0.4) is 0 Å². The highest BCUT2D eigenvalue weighted by atomic mass is 16.5. The van der Waals surface area contributed by atoms with Gasteiger partial charge in [-0.1, -0.05) is 12.1 Å². The number of benzene rings is 2. The van der Waals surface area contributed by atoms with Gasteiger partial charge < -0.3 is 24.5 Å². The molecule has 0 bridgehead atoms. The van der Waals surface area contributed by atoms with Gasteiger partial charge in [0.05, 0.1) is 7.11 Å². The van der Waals surface area contributed by atoms with Gasteiger partial charge in [0.2, 0.25) is 5.91 Å². The van der Waals surface area contributed by atoms with Gasteiger partial charge in [-0.05, 0) is 35.9 Å². The molecule has 2 N–H and O–H groups in total. The summed E-state index contributed by atoms with van der Waals surface area (Å²) in [7, 11) is 3.38. The Morgan fingerprint density at radius 2 is 2.14 bits per heavy atom. The van der Waals surface area contributed by atoms with Gasteiger partial charge in [0.25, 0.3) is 0 Å². The van der Waals surface area contributed by atoms with Gasteiger partial charge in [-0.3, -0.25) is 4.79 Å². The normalized spacial score (nSPS) is 10.8. The summed E-state index contributed by atoms with van der Waals surface area (Å²) in [4.78, 5) is 16.4. The highest BCUT2D eigenvalue weighted by Gasteiger charge is 2.04. The number of hydrogen-bond acceptors (Lipinski definition) is 5. The molecule has 0 radical (unpaired) electrons. The molecule has 0 aliphatic carbocycles. The summed E-state index contributed by atoms with van der Waals surface area (Å²) in [6.45, 7) is 0.335. The van der Waals surface area contributed by atoms with E-state index in [0.29, 0.717) is 29.4 Å². The van der Waals surface area contributed by atoms with Gasteiger partial charge in [0.15, 0.2) is 11.5 Å². The summed E-state index contributed by atoms with van der Waals surface area (Å²) in [5, 5.41) is 12.6. The van der Waals surface area contributed by atoms with E-state index in [1.54, 1.807) is 42.6 Å². The topological polar surface area (TPSA) is 85.6 Å². The molecular weight excluding hydrogens is 358 g/mol. The number of aromatic nitrogens is 2. The summed E-state index contributed by atoms with van der Waals surface area (Å²) >= 11 is 0. The molecule has 7 heteroatoms. The number of nitrogens with zero attached hydrogens (tertiary/aromatic N) is 2. The maximum atomic E-state index is 12.2. The zero-order valence-electron chi connectivity index (χ0n) is 15.6. The van der Waals surface area contributed by atoms with Crippen LogP contribution in [0.1, 0.15) is 11.4 Å². The molecule has 0 saturated carbocycles. The lowest BCUT2D eigenvalue weighted by Crippen LogP contribution is -2.08. The van der Waals surface area contributed by atoms with E-state index in [0.717, 1.165) is 5.82 Å². The third-order valence-corrected chi connectivity index (χ3v) is 4.02. The van der Waals surface area contributed by atoms with Crippen LogP contribution in [-0.2, 0) is 18.4 Å². The van der Waals surface area contributed by atoms with Crippen LogP contribution in [0.25, 0.3) is 6.08 Å². The molecule has 0 fully saturated rings. The summed E-state index contributed by atoms with van der Waals surface area (Å²) in [5.41, 5.74) is 1.30. The minimum atomic E-state index is -0.295. The SMILES string of the molecule is COc1ccc(C=CC(=O)Nc2cccc(OCc3nccn3C)c2)cc1O. The Bertz CT molecular complexity index is 995. The molecule has 28 heavy (non-hydrogen) atoms. The zero-order valence-corrected chi connectivity index (χ0v) is 15.6. The second kappa shape index (κ2) is 8.77. The Morgan fingerprint density at radius 1 is 1.29 bits per heavy atom. The lowest BCUT2D eigenvalue weighted by Gasteiger charge is -2.08. The summed E-state index contributed by atoms with van der Waals surface area (Å²) in [5.74, 6) is 1.54. The highest BCUT2D eigenvalue weighted by molar-refractivity contribution is 6.02. The maximum Gasteiger partial charge on any atom is 0.248 e. The van der Waals surface area contributed by atoms with Gasteiger partial charge in [0.1, 0.15) is 18.2 Å². The molecule has 0 unspecified atom stereocenters.